The molecule has 0 bridgehead atoms. The summed E-state index contributed by atoms with van der Waals surface area (Å²) in [6.07, 6.45) is 13.3. The molecule has 1 aromatic rings. The van der Waals surface area contributed by atoms with E-state index >= 15 is 0 Å². The molecule has 0 saturated carbocycles. The minimum absolute atomic E-state index is 0.550. The van der Waals surface area contributed by atoms with E-state index in [2.05, 4.69) is 18.8 Å². The maximum atomic E-state index is 5.29. The van der Waals surface area contributed by atoms with Gasteiger partial charge in [-0.1, -0.05) is 5.92 Å². The average molecular weight is 218 g/mol. The zero-order valence-corrected chi connectivity index (χ0v) is 9.61. The Balaban J connectivity index is 0.00000106. The molecular weight excluding hydrogens is 204 g/mol. The number of benzene rings is 1. The third kappa shape index (κ3) is 2.87. The van der Waals surface area contributed by atoms with E-state index < -0.39 is 0 Å². The van der Waals surface area contributed by atoms with Gasteiger partial charge in [-0.05, 0) is 12.1 Å². The molecule has 0 N–H and O–H groups in total. The highest BCUT2D eigenvalue weighted by Crippen LogP contribution is 2.37. The predicted octanol–water partition coefficient (Wildman–Crippen LogP) is 1.94. The molecule has 1 aromatic carbocycles. The first-order valence-electron chi connectivity index (χ1n) is 4.36. The minimum atomic E-state index is 0.550. The van der Waals surface area contributed by atoms with E-state index in [1.807, 2.05) is 0 Å². The van der Waals surface area contributed by atoms with Crippen LogP contribution in [0.15, 0.2) is 12.1 Å². The summed E-state index contributed by atoms with van der Waals surface area (Å²) in [4.78, 5) is 0. The van der Waals surface area contributed by atoms with Crippen molar-refractivity contribution >= 4 is 0 Å². The molecule has 0 fully saturated rings. The van der Waals surface area contributed by atoms with Crippen LogP contribution in [0.5, 0.6) is 17.2 Å². The smallest absolute Gasteiger partial charge is 0.203 e. The summed E-state index contributed by atoms with van der Waals surface area (Å²) >= 11 is 0. The van der Waals surface area contributed by atoms with Crippen LogP contribution in [-0.2, 0) is 0 Å². The number of methoxy groups -OCH3 is 3. The van der Waals surface area contributed by atoms with E-state index in [9.17, 15) is 0 Å². The van der Waals surface area contributed by atoms with Crippen molar-refractivity contribution in [2.24, 2.45) is 0 Å². The molecule has 0 aliphatic heterocycles. The third-order valence-electron chi connectivity index (χ3n) is 1.83. The number of hydrogen-bond donors (Lipinski definition) is 0. The summed E-state index contributed by atoms with van der Waals surface area (Å²) in [5.74, 6) is 4.20. The molecule has 84 valence electrons. The van der Waals surface area contributed by atoms with Gasteiger partial charge in [-0.2, -0.15) is 0 Å². The number of terminal acetylenes is 2. The molecule has 1 rings (SSSR count). The molecule has 0 aliphatic rings. The zero-order chi connectivity index (χ0) is 12.6. The molecule has 16 heavy (non-hydrogen) atoms. The standard InChI is InChI=1S/C11H12O3.C2H2/c1-5-8-6-9(12-2)11(14-4)10(7-8)13-3;1-2/h1,6-7H,2-4H3;1-2H. The van der Waals surface area contributed by atoms with Gasteiger partial charge in [0.05, 0.1) is 21.3 Å². The van der Waals surface area contributed by atoms with E-state index in [4.69, 9.17) is 20.6 Å². The van der Waals surface area contributed by atoms with Crippen LogP contribution in [0.2, 0.25) is 0 Å². The normalized spacial score (nSPS) is 8.00. The monoisotopic (exact) mass is 218 g/mol. The first kappa shape index (κ1) is 13.7. The van der Waals surface area contributed by atoms with E-state index in [0.29, 0.717) is 22.8 Å². The second-order valence-electron chi connectivity index (χ2n) is 2.56. The maximum absolute atomic E-state index is 5.29. The van der Waals surface area contributed by atoms with Crippen molar-refractivity contribution in [1.82, 2.24) is 0 Å². The van der Waals surface area contributed by atoms with Crippen LogP contribution in [0.1, 0.15) is 5.56 Å². The summed E-state index contributed by atoms with van der Waals surface area (Å²) in [5.41, 5.74) is 0.694. The van der Waals surface area contributed by atoms with Crippen molar-refractivity contribution in [3.63, 3.8) is 0 Å². The van der Waals surface area contributed by atoms with E-state index in [1.165, 1.54) is 0 Å². The van der Waals surface area contributed by atoms with Crippen molar-refractivity contribution in [3.05, 3.63) is 17.7 Å². The van der Waals surface area contributed by atoms with Crippen LogP contribution in [0.25, 0.3) is 0 Å². The predicted molar refractivity (Wildman–Crippen MR) is 63.9 cm³/mol. The average Bonchev–Trinajstić information content (AvgIpc) is 2.39. The molecule has 0 aromatic heterocycles. The third-order valence-corrected chi connectivity index (χ3v) is 1.83. The van der Waals surface area contributed by atoms with Gasteiger partial charge in [-0.25, -0.2) is 0 Å². The number of rotatable bonds is 3. The van der Waals surface area contributed by atoms with E-state index in [0.717, 1.165) is 0 Å². The van der Waals surface area contributed by atoms with Gasteiger partial charge in [0.15, 0.2) is 11.5 Å². The molecule has 0 saturated heterocycles. The van der Waals surface area contributed by atoms with Gasteiger partial charge >= 0.3 is 0 Å². The molecule has 3 heteroatoms. The topological polar surface area (TPSA) is 27.7 Å². The Labute approximate surface area is 96.3 Å². The first-order chi connectivity index (χ1) is 7.76. The van der Waals surface area contributed by atoms with Crippen molar-refractivity contribution in [2.75, 3.05) is 21.3 Å². The van der Waals surface area contributed by atoms with E-state index in [1.54, 1.807) is 33.5 Å². The van der Waals surface area contributed by atoms with Gasteiger partial charge in [0.1, 0.15) is 0 Å². The summed E-state index contributed by atoms with van der Waals surface area (Å²) in [6.45, 7) is 0. The van der Waals surface area contributed by atoms with Crippen LogP contribution in [0.3, 0.4) is 0 Å². The van der Waals surface area contributed by atoms with Gasteiger partial charge in [-0.15, -0.1) is 19.3 Å². The van der Waals surface area contributed by atoms with Gasteiger partial charge in [-0.3, -0.25) is 0 Å². The highest BCUT2D eigenvalue weighted by atomic mass is 16.5. The van der Waals surface area contributed by atoms with Crippen molar-refractivity contribution in [3.8, 4) is 42.4 Å². The van der Waals surface area contributed by atoms with Crippen LogP contribution >= 0.6 is 0 Å². The molecular formula is C13H14O3. The van der Waals surface area contributed by atoms with Crippen LogP contribution < -0.4 is 14.2 Å². The van der Waals surface area contributed by atoms with Gasteiger partial charge in [0.2, 0.25) is 5.75 Å². The molecule has 0 heterocycles. The fraction of sp³-hybridized carbons (Fsp3) is 0.231. The molecule has 0 radical (unpaired) electrons. The largest absolute Gasteiger partial charge is 0.493 e. The lowest BCUT2D eigenvalue weighted by Crippen LogP contribution is -1.95. The van der Waals surface area contributed by atoms with Gasteiger partial charge in [0, 0.05) is 5.56 Å². The lowest BCUT2D eigenvalue weighted by molar-refractivity contribution is 0.324. The fourth-order valence-electron chi connectivity index (χ4n) is 1.16. The Morgan fingerprint density at radius 1 is 0.938 bits per heavy atom. The lowest BCUT2D eigenvalue weighted by Gasteiger charge is -2.12. The lowest BCUT2D eigenvalue weighted by atomic mass is 10.2. The van der Waals surface area contributed by atoms with Gasteiger partial charge in [0.25, 0.3) is 0 Å². The van der Waals surface area contributed by atoms with E-state index in [-0.39, 0.29) is 0 Å². The summed E-state index contributed by atoms with van der Waals surface area (Å²) < 4.78 is 15.4. The maximum Gasteiger partial charge on any atom is 0.203 e. The molecule has 0 spiro atoms. The summed E-state index contributed by atoms with van der Waals surface area (Å²) in [5, 5.41) is 0. The van der Waals surface area contributed by atoms with Crippen LogP contribution in [0, 0.1) is 25.2 Å². The fourth-order valence-corrected chi connectivity index (χ4v) is 1.16. The van der Waals surface area contributed by atoms with Gasteiger partial charge < -0.3 is 14.2 Å². The summed E-state index contributed by atoms with van der Waals surface area (Å²) in [7, 11) is 4.66. The highest BCUT2D eigenvalue weighted by molar-refractivity contribution is 5.56. The Morgan fingerprint density at radius 3 is 1.62 bits per heavy atom. The Bertz CT molecular complexity index is 374. The quantitative estimate of drug-likeness (QED) is 0.726. The van der Waals surface area contributed by atoms with Crippen molar-refractivity contribution in [2.45, 2.75) is 0 Å². The first-order valence-corrected chi connectivity index (χ1v) is 4.36. The molecule has 3 nitrogen and oxygen atoms in total. The molecule has 0 atom stereocenters. The number of hydrogen-bond acceptors (Lipinski definition) is 3. The number of ether oxygens (including phenoxy) is 3. The minimum Gasteiger partial charge on any atom is -0.493 e. The Morgan fingerprint density at radius 2 is 1.38 bits per heavy atom. The van der Waals surface area contributed by atoms with Crippen LogP contribution in [0.4, 0.5) is 0 Å². The molecule has 0 unspecified atom stereocenters. The zero-order valence-electron chi connectivity index (χ0n) is 9.61. The second-order valence-corrected chi connectivity index (χ2v) is 2.56. The van der Waals surface area contributed by atoms with Crippen molar-refractivity contribution in [1.29, 1.82) is 0 Å². The molecule has 0 amide bonds. The van der Waals surface area contributed by atoms with Crippen molar-refractivity contribution < 1.29 is 14.2 Å². The second kappa shape index (κ2) is 7.09. The summed E-state index contributed by atoms with van der Waals surface area (Å²) in [6, 6.07) is 3.45. The Hall–Kier alpha value is -2.26. The molecule has 0 aliphatic carbocycles. The SMILES string of the molecule is C#C.C#Cc1cc(OC)c(OC)c(OC)c1. The highest BCUT2D eigenvalue weighted by Gasteiger charge is 2.11. The van der Waals surface area contributed by atoms with Crippen LogP contribution in [-0.4, -0.2) is 21.3 Å². The Kier molecular flexibility index (Phi) is 6.09.